The lowest BCUT2D eigenvalue weighted by Crippen LogP contribution is -2.61. The standard InChI is InChI=1S/C53H62N6O20S/c1-7-29-31-18-28(60)10-11-35(31)55-42-32(29)21-59-37(42)20-34-33(48(59)68)24-75-51(71)53(34,8-2)77-25-57(15-16-80(6,73)74)52(72)76-23-27-9-12-38(78-50-45(66)43(64)44(65)46(79-50)49(69)70)36(17-27)54-39(61)22-56(5)40(62)13-14-58-41(63)19-30(26(3)4)47(58)67/h9-12,17-18,20,26,30,43-46,50,60,64-66H,7-8,13-16,19,21-25H2,1-6H3,(H,54,61)(H,69,70)/t30?,43-,44-,45+,46-,50+,53-/m0/s1. The number of imide groups is 1. The first kappa shape index (κ1) is 58.6. The zero-order valence-corrected chi connectivity index (χ0v) is 45.4. The van der Waals surface area contributed by atoms with Crippen LogP contribution in [-0.4, -0.2) is 176 Å². The summed E-state index contributed by atoms with van der Waals surface area (Å²) in [5.41, 5.74) is 0.703. The van der Waals surface area contributed by atoms with E-state index in [1.165, 1.54) is 35.9 Å². The Balaban J connectivity index is 1.03. The summed E-state index contributed by atoms with van der Waals surface area (Å²) in [6.45, 7) is 4.18. The van der Waals surface area contributed by atoms with Crippen molar-refractivity contribution in [1.82, 2.24) is 24.3 Å². The number of aryl methyl sites for hydroxylation is 1. The first-order valence-electron chi connectivity index (χ1n) is 25.7. The fourth-order valence-corrected chi connectivity index (χ4v) is 10.7. The van der Waals surface area contributed by atoms with Crippen LogP contribution in [0.3, 0.4) is 0 Å². The monoisotopic (exact) mass is 1130 g/mol. The third kappa shape index (κ3) is 11.7. The minimum Gasteiger partial charge on any atom is -0.508 e. The van der Waals surface area contributed by atoms with E-state index in [2.05, 4.69) is 5.32 Å². The lowest BCUT2D eigenvalue weighted by atomic mass is 9.85. The van der Waals surface area contributed by atoms with E-state index in [-0.39, 0.29) is 72.1 Å². The van der Waals surface area contributed by atoms with Gasteiger partial charge in [-0.05, 0) is 66.3 Å². The van der Waals surface area contributed by atoms with Crippen molar-refractivity contribution in [2.24, 2.45) is 11.8 Å². The molecule has 2 aromatic heterocycles. The molecular weight excluding hydrogens is 1070 g/mol. The number of cyclic esters (lactones) is 1. The van der Waals surface area contributed by atoms with E-state index in [0.717, 1.165) is 32.1 Å². The fourth-order valence-electron chi connectivity index (χ4n) is 10.2. The summed E-state index contributed by atoms with van der Waals surface area (Å²) in [4.78, 5) is 114. The molecule has 0 radical (unpaired) electrons. The van der Waals surface area contributed by atoms with Gasteiger partial charge in [0.15, 0.2) is 11.7 Å². The summed E-state index contributed by atoms with van der Waals surface area (Å²) in [7, 11) is -2.46. The van der Waals surface area contributed by atoms with Crippen LogP contribution in [-0.2, 0) is 89.3 Å². The lowest BCUT2D eigenvalue weighted by molar-refractivity contribution is -0.271. The van der Waals surface area contributed by atoms with Gasteiger partial charge in [-0.15, -0.1) is 0 Å². The maximum absolute atomic E-state index is 14.3. The first-order chi connectivity index (χ1) is 37.8. The Labute approximate surface area is 457 Å². The van der Waals surface area contributed by atoms with E-state index in [9.17, 15) is 72.3 Å². The average molecular weight is 1140 g/mol. The minimum atomic E-state index is -3.75. The third-order valence-electron chi connectivity index (χ3n) is 14.7. The molecule has 27 heteroatoms. The largest absolute Gasteiger partial charge is 0.508 e. The van der Waals surface area contributed by atoms with E-state index in [1.54, 1.807) is 25.1 Å². The van der Waals surface area contributed by atoms with Crippen LogP contribution in [0.25, 0.3) is 22.3 Å². The number of benzene rings is 2. The number of carboxylic acids is 1. The number of nitrogens with zero attached hydrogens (tertiary/aromatic N) is 5. The number of aromatic hydroxyl groups is 1. The summed E-state index contributed by atoms with van der Waals surface area (Å²) >= 11 is 0. The van der Waals surface area contributed by atoms with Crippen molar-refractivity contribution in [3.05, 3.63) is 80.6 Å². The molecule has 8 rings (SSSR count). The van der Waals surface area contributed by atoms with Crippen LogP contribution >= 0.6 is 0 Å². The van der Waals surface area contributed by atoms with Crippen molar-refractivity contribution >= 4 is 68.1 Å². The molecule has 5 amide bonds. The second kappa shape index (κ2) is 23.3. The zero-order chi connectivity index (χ0) is 58.3. The summed E-state index contributed by atoms with van der Waals surface area (Å²) in [5, 5.41) is 54.6. The number of hydrogen-bond donors (Lipinski definition) is 6. The average Bonchev–Trinajstić information content (AvgIpc) is 4.09. The molecule has 4 aliphatic heterocycles. The number of likely N-dealkylation sites (N-methyl/N-ethyl adjacent to an activating group) is 1. The number of hydrogen-bond acceptors (Lipinski definition) is 20. The maximum atomic E-state index is 14.3. The summed E-state index contributed by atoms with van der Waals surface area (Å²) < 4.78 is 55.1. The molecule has 2 saturated heterocycles. The number of carboxylic acid groups (broad SMARTS) is 1. The number of ether oxygens (including phenoxy) is 5. The smallest absolute Gasteiger partial charge is 0.411 e. The van der Waals surface area contributed by atoms with Gasteiger partial charge in [-0.25, -0.2) is 27.8 Å². The number of nitrogens with one attached hydrogen (secondary N) is 1. The lowest BCUT2D eigenvalue weighted by Gasteiger charge is -2.38. The number of phenols is 1. The number of carbonyl (C=O) groups excluding carboxylic acids is 6. The van der Waals surface area contributed by atoms with Crippen LogP contribution in [0.5, 0.6) is 11.5 Å². The van der Waals surface area contributed by atoms with Crippen LogP contribution in [0.4, 0.5) is 10.5 Å². The molecule has 0 aliphatic carbocycles. The fraction of sp³-hybridized carbons (Fsp3) is 0.491. The number of aromatic nitrogens is 2. The number of pyridine rings is 2. The Hall–Kier alpha value is -7.56. The molecule has 7 atom stereocenters. The molecule has 0 spiro atoms. The van der Waals surface area contributed by atoms with Gasteiger partial charge in [0, 0.05) is 61.7 Å². The van der Waals surface area contributed by atoms with Gasteiger partial charge in [-0.1, -0.05) is 33.8 Å². The molecule has 4 aliphatic rings. The number of phenolic OH excluding ortho intramolecular Hbond substituents is 1. The van der Waals surface area contributed by atoms with Gasteiger partial charge < -0.3 is 64.0 Å². The number of rotatable bonds is 20. The number of esters is 1. The number of likely N-dealkylation sites (tertiary alicyclic amines) is 1. The Morgan fingerprint density at radius 2 is 1.73 bits per heavy atom. The Kier molecular flexibility index (Phi) is 17.0. The molecule has 0 bridgehead atoms. The molecule has 2 aromatic carbocycles. The Bertz CT molecular complexity index is 3350. The van der Waals surface area contributed by atoms with Gasteiger partial charge in [0.05, 0.1) is 47.0 Å². The van der Waals surface area contributed by atoms with Crippen LogP contribution in [0.15, 0.2) is 47.3 Å². The van der Waals surface area contributed by atoms with Gasteiger partial charge >= 0.3 is 18.0 Å². The number of amides is 5. The zero-order valence-electron chi connectivity index (χ0n) is 44.6. The molecule has 0 saturated carbocycles. The quantitative estimate of drug-likeness (QED) is 0.0361. The number of aliphatic hydroxyl groups is 3. The van der Waals surface area contributed by atoms with E-state index >= 15 is 0 Å². The summed E-state index contributed by atoms with van der Waals surface area (Å²) in [6.07, 6.45) is -10.3. The van der Waals surface area contributed by atoms with Gasteiger partial charge in [-0.2, -0.15) is 0 Å². The normalized spacial score (nSPS) is 22.4. The number of anilines is 1. The van der Waals surface area contributed by atoms with Gasteiger partial charge in [0.25, 0.3) is 5.56 Å². The van der Waals surface area contributed by atoms with Crippen molar-refractivity contribution in [2.45, 2.75) is 109 Å². The summed E-state index contributed by atoms with van der Waals surface area (Å²) in [5.74, 6) is -6.36. The highest BCUT2D eigenvalue weighted by atomic mass is 32.2. The van der Waals surface area contributed by atoms with Crippen LogP contribution in [0, 0.1) is 11.8 Å². The summed E-state index contributed by atoms with van der Waals surface area (Å²) in [6, 6.07) is 10.1. The van der Waals surface area contributed by atoms with E-state index < -0.39 is 138 Å². The Morgan fingerprint density at radius 1 is 0.988 bits per heavy atom. The van der Waals surface area contributed by atoms with Crippen molar-refractivity contribution < 1.29 is 91.2 Å². The van der Waals surface area contributed by atoms with Gasteiger partial charge in [0.1, 0.15) is 59.6 Å². The molecule has 26 nitrogen and oxygen atoms in total. The molecule has 80 heavy (non-hydrogen) atoms. The molecule has 1 unspecified atom stereocenters. The highest BCUT2D eigenvalue weighted by Gasteiger charge is 2.50. The van der Waals surface area contributed by atoms with Gasteiger partial charge in [-0.3, -0.25) is 33.8 Å². The maximum Gasteiger partial charge on any atom is 0.411 e. The third-order valence-corrected chi connectivity index (χ3v) is 15.7. The molecule has 4 aromatic rings. The topological polar surface area (TPSA) is 358 Å². The molecular formula is C53H62N6O20S. The van der Waals surface area contributed by atoms with Crippen LogP contribution in [0.1, 0.15) is 74.8 Å². The van der Waals surface area contributed by atoms with Crippen molar-refractivity contribution in [2.75, 3.05) is 50.7 Å². The predicted octanol–water partition coefficient (Wildman–Crippen LogP) is 1.10. The number of fused-ring (bicyclic) bond motifs is 5. The molecule has 430 valence electrons. The van der Waals surface area contributed by atoms with Crippen molar-refractivity contribution in [1.29, 1.82) is 0 Å². The highest BCUT2D eigenvalue weighted by molar-refractivity contribution is 7.90. The predicted molar refractivity (Wildman–Crippen MR) is 278 cm³/mol. The highest BCUT2D eigenvalue weighted by Crippen LogP contribution is 2.43. The number of aliphatic carboxylic acids is 1. The molecule has 6 N–H and O–H groups in total. The first-order valence-corrected chi connectivity index (χ1v) is 27.8. The second-order valence-corrected chi connectivity index (χ2v) is 22.7. The Morgan fingerprint density at radius 3 is 2.39 bits per heavy atom. The van der Waals surface area contributed by atoms with Crippen LogP contribution < -0.4 is 15.6 Å². The molecule has 6 heterocycles. The SMILES string of the molecule is CCc1c2c(nc3ccc(O)cc13)-c1cc3c(c(=O)n1C2)COC(=O)[C@@]3(CC)OCN(CCS(C)(=O)=O)C(=O)OCc1ccc(O[C@@H]2O[C@H](C(=O)O)[C@@H](O)[C@H](O)[C@H]2O)c(NC(=O)CN(C)C(=O)CCN2C(=O)CC(C(C)C)C2=O)c1. The second-order valence-electron chi connectivity index (χ2n) is 20.4. The van der Waals surface area contributed by atoms with Crippen LogP contribution in [0.2, 0.25) is 0 Å². The van der Waals surface area contributed by atoms with E-state index in [0.29, 0.717) is 28.7 Å². The van der Waals surface area contributed by atoms with E-state index in [4.69, 9.17) is 28.7 Å². The van der Waals surface area contributed by atoms with Crippen molar-refractivity contribution in [3.63, 3.8) is 0 Å². The van der Waals surface area contributed by atoms with Crippen molar-refractivity contribution in [3.8, 4) is 22.9 Å². The van der Waals surface area contributed by atoms with Gasteiger partial charge in [0.2, 0.25) is 29.9 Å². The van der Waals surface area contributed by atoms with E-state index in [1.807, 2.05) is 20.8 Å². The number of carbonyl (C=O) groups is 7. The molecule has 2 fully saturated rings. The minimum absolute atomic E-state index is 0.0159. The number of sulfone groups is 1. The number of aliphatic hydroxyl groups excluding tert-OH is 3.